The van der Waals surface area contributed by atoms with Gasteiger partial charge in [-0.3, -0.25) is 14.5 Å². The lowest BCUT2D eigenvalue weighted by Gasteiger charge is -2.10. The summed E-state index contributed by atoms with van der Waals surface area (Å²) in [5.74, 6) is -0.160. The Morgan fingerprint density at radius 2 is 2.00 bits per heavy atom. The first-order chi connectivity index (χ1) is 9.13. The number of amides is 2. The van der Waals surface area contributed by atoms with Crippen LogP contribution in [-0.4, -0.2) is 22.6 Å². The third kappa shape index (κ3) is 3.07. The maximum absolute atomic E-state index is 12.2. The molecule has 1 saturated heterocycles. The Kier molecular flexibility index (Phi) is 4.43. The molecular weight excluding hydrogens is 258 g/mol. The summed E-state index contributed by atoms with van der Waals surface area (Å²) in [5.41, 5.74) is 2.09. The first-order valence-electron chi connectivity index (χ1n) is 6.44. The molecule has 1 heterocycles. The number of benzene rings is 1. The second kappa shape index (κ2) is 6.06. The van der Waals surface area contributed by atoms with Crippen molar-refractivity contribution in [1.29, 1.82) is 0 Å². The van der Waals surface area contributed by atoms with E-state index in [2.05, 4.69) is 0 Å². The number of unbranched alkanes of at least 4 members (excludes halogenated alkanes) is 1. The van der Waals surface area contributed by atoms with Gasteiger partial charge >= 0.3 is 0 Å². The SMILES string of the molecule is CCCCN1C(=O)S/C(=C\c2ccccc2C)C1=O. The van der Waals surface area contributed by atoms with Crippen LogP contribution in [0.15, 0.2) is 29.2 Å². The number of hydrogen-bond acceptors (Lipinski definition) is 3. The molecule has 4 heteroatoms. The van der Waals surface area contributed by atoms with Gasteiger partial charge in [-0.25, -0.2) is 0 Å². The summed E-state index contributed by atoms with van der Waals surface area (Å²) in [6, 6.07) is 7.84. The maximum atomic E-state index is 12.2. The molecule has 1 aromatic carbocycles. The highest BCUT2D eigenvalue weighted by Gasteiger charge is 2.34. The molecule has 2 rings (SSSR count). The monoisotopic (exact) mass is 275 g/mol. The van der Waals surface area contributed by atoms with E-state index in [9.17, 15) is 9.59 Å². The van der Waals surface area contributed by atoms with Crippen molar-refractivity contribution in [2.45, 2.75) is 26.7 Å². The van der Waals surface area contributed by atoms with E-state index in [1.807, 2.05) is 44.2 Å². The fraction of sp³-hybridized carbons (Fsp3) is 0.333. The zero-order valence-corrected chi connectivity index (χ0v) is 12.0. The van der Waals surface area contributed by atoms with Gasteiger partial charge in [0.1, 0.15) is 0 Å². The zero-order valence-electron chi connectivity index (χ0n) is 11.2. The van der Waals surface area contributed by atoms with Gasteiger partial charge in [0.2, 0.25) is 0 Å². The highest BCUT2D eigenvalue weighted by atomic mass is 32.2. The van der Waals surface area contributed by atoms with Gasteiger partial charge in [0, 0.05) is 6.54 Å². The Bertz CT molecular complexity index is 537. The van der Waals surface area contributed by atoms with Crippen LogP contribution in [-0.2, 0) is 4.79 Å². The Balaban J connectivity index is 2.21. The number of rotatable bonds is 4. The van der Waals surface area contributed by atoms with Crippen LogP contribution in [0.1, 0.15) is 30.9 Å². The molecule has 1 aliphatic rings. The van der Waals surface area contributed by atoms with Crippen molar-refractivity contribution in [3.8, 4) is 0 Å². The summed E-state index contributed by atoms with van der Waals surface area (Å²) in [4.78, 5) is 25.8. The van der Waals surface area contributed by atoms with Crippen LogP contribution in [0.5, 0.6) is 0 Å². The third-order valence-electron chi connectivity index (χ3n) is 3.08. The van der Waals surface area contributed by atoms with Gasteiger partial charge in [0.25, 0.3) is 11.1 Å². The minimum atomic E-state index is -0.160. The molecule has 0 saturated carbocycles. The molecule has 0 radical (unpaired) electrons. The average Bonchev–Trinajstić information content (AvgIpc) is 2.65. The second-order valence-electron chi connectivity index (χ2n) is 4.54. The van der Waals surface area contributed by atoms with E-state index in [1.165, 1.54) is 4.90 Å². The largest absolute Gasteiger partial charge is 0.293 e. The molecule has 0 bridgehead atoms. The van der Waals surface area contributed by atoms with Crippen molar-refractivity contribution >= 4 is 29.0 Å². The van der Waals surface area contributed by atoms with Gasteiger partial charge in [-0.05, 0) is 42.3 Å². The minimum Gasteiger partial charge on any atom is -0.268 e. The highest BCUT2D eigenvalue weighted by Crippen LogP contribution is 2.32. The summed E-state index contributed by atoms with van der Waals surface area (Å²) < 4.78 is 0. The number of carbonyl (C=O) groups is 2. The molecule has 0 unspecified atom stereocenters. The number of nitrogens with zero attached hydrogens (tertiary/aromatic N) is 1. The maximum Gasteiger partial charge on any atom is 0.293 e. The van der Waals surface area contributed by atoms with Crippen molar-refractivity contribution < 1.29 is 9.59 Å². The predicted molar refractivity (Wildman–Crippen MR) is 78.8 cm³/mol. The zero-order chi connectivity index (χ0) is 13.8. The van der Waals surface area contributed by atoms with Gasteiger partial charge in [-0.1, -0.05) is 37.6 Å². The molecule has 1 aromatic rings. The normalized spacial score (nSPS) is 17.6. The van der Waals surface area contributed by atoms with E-state index in [4.69, 9.17) is 0 Å². The van der Waals surface area contributed by atoms with Crippen LogP contribution in [0, 0.1) is 6.92 Å². The van der Waals surface area contributed by atoms with Crippen LogP contribution in [0.2, 0.25) is 0 Å². The smallest absolute Gasteiger partial charge is 0.268 e. The Hall–Kier alpha value is -1.55. The standard InChI is InChI=1S/C15H17NO2S/c1-3-4-9-16-14(17)13(19-15(16)18)10-12-8-6-5-7-11(12)2/h5-8,10H,3-4,9H2,1-2H3/b13-10-. The molecule has 0 aromatic heterocycles. The first-order valence-corrected chi connectivity index (χ1v) is 7.26. The van der Waals surface area contributed by atoms with Crippen LogP contribution in [0.3, 0.4) is 0 Å². The lowest BCUT2D eigenvalue weighted by molar-refractivity contribution is -0.122. The minimum absolute atomic E-state index is 0.154. The quantitative estimate of drug-likeness (QED) is 0.784. The van der Waals surface area contributed by atoms with Crippen LogP contribution >= 0.6 is 11.8 Å². The van der Waals surface area contributed by atoms with E-state index < -0.39 is 0 Å². The molecule has 0 spiro atoms. The molecular formula is C15H17NO2S. The molecule has 0 atom stereocenters. The highest BCUT2D eigenvalue weighted by molar-refractivity contribution is 8.18. The summed E-state index contributed by atoms with van der Waals surface area (Å²) in [7, 11) is 0. The number of imide groups is 1. The van der Waals surface area contributed by atoms with Gasteiger partial charge in [-0.2, -0.15) is 0 Å². The van der Waals surface area contributed by atoms with Crippen LogP contribution in [0.4, 0.5) is 4.79 Å². The Morgan fingerprint density at radius 1 is 1.26 bits per heavy atom. The third-order valence-corrected chi connectivity index (χ3v) is 3.99. The molecule has 100 valence electrons. The molecule has 19 heavy (non-hydrogen) atoms. The number of hydrogen-bond donors (Lipinski definition) is 0. The molecule has 0 N–H and O–H groups in total. The molecule has 0 aliphatic carbocycles. The summed E-state index contributed by atoms with van der Waals surface area (Å²) >= 11 is 1.03. The number of carbonyl (C=O) groups excluding carboxylic acids is 2. The lowest BCUT2D eigenvalue weighted by atomic mass is 10.1. The van der Waals surface area contributed by atoms with Crippen molar-refractivity contribution in [2.24, 2.45) is 0 Å². The Labute approximate surface area is 117 Å². The fourth-order valence-corrected chi connectivity index (χ4v) is 2.75. The van der Waals surface area contributed by atoms with E-state index in [1.54, 1.807) is 0 Å². The van der Waals surface area contributed by atoms with E-state index in [0.29, 0.717) is 11.4 Å². The van der Waals surface area contributed by atoms with Gasteiger partial charge in [0.05, 0.1) is 4.91 Å². The molecule has 1 fully saturated rings. The summed E-state index contributed by atoms with van der Waals surface area (Å²) in [5, 5.41) is -0.154. The van der Waals surface area contributed by atoms with Crippen molar-refractivity contribution in [1.82, 2.24) is 4.90 Å². The van der Waals surface area contributed by atoms with Crippen molar-refractivity contribution in [3.05, 3.63) is 40.3 Å². The van der Waals surface area contributed by atoms with Crippen molar-refractivity contribution in [3.63, 3.8) is 0 Å². The van der Waals surface area contributed by atoms with Crippen molar-refractivity contribution in [2.75, 3.05) is 6.54 Å². The average molecular weight is 275 g/mol. The number of aryl methyl sites for hydroxylation is 1. The topological polar surface area (TPSA) is 37.4 Å². The van der Waals surface area contributed by atoms with Gasteiger partial charge in [0.15, 0.2) is 0 Å². The van der Waals surface area contributed by atoms with Gasteiger partial charge < -0.3 is 0 Å². The molecule has 2 amide bonds. The van der Waals surface area contributed by atoms with Crippen LogP contribution in [0.25, 0.3) is 6.08 Å². The second-order valence-corrected chi connectivity index (χ2v) is 5.54. The Morgan fingerprint density at radius 3 is 2.68 bits per heavy atom. The summed E-state index contributed by atoms with van der Waals surface area (Å²) in [6.45, 7) is 4.56. The fourth-order valence-electron chi connectivity index (χ4n) is 1.90. The molecule has 1 aliphatic heterocycles. The number of thioether (sulfide) groups is 1. The first kappa shape index (κ1) is 13.9. The van der Waals surface area contributed by atoms with E-state index in [0.717, 1.165) is 35.7 Å². The lowest BCUT2D eigenvalue weighted by Crippen LogP contribution is -2.29. The summed E-state index contributed by atoms with van der Waals surface area (Å²) in [6.07, 6.45) is 3.64. The van der Waals surface area contributed by atoms with E-state index in [-0.39, 0.29) is 11.1 Å². The molecule has 3 nitrogen and oxygen atoms in total. The van der Waals surface area contributed by atoms with E-state index >= 15 is 0 Å². The predicted octanol–water partition coefficient (Wildman–Crippen LogP) is 3.83. The van der Waals surface area contributed by atoms with Gasteiger partial charge in [-0.15, -0.1) is 0 Å². The van der Waals surface area contributed by atoms with Crippen LogP contribution < -0.4 is 0 Å².